The molecule has 2 atom stereocenters. The van der Waals surface area contributed by atoms with Crippen LogP contribution >= 0.6 is 23.2 Å². The zero-order valence-corrected chi connectivity index (χ0v) is 22.1. The summed E-state index contributed by atoms with van der Waals surface area (Å²) < 4.78 is 25.4. The number of benzene rings is 2. The lowest BCUT2D eigenvalue weighted by atomic mass is 9.96. The standard InChI is InChI=1S/C27H28Cl2FN3O5/c28-21-8-5-18(14-22(21)29)25(35)32-11-9-27(10-12-32)33(26(36)17-3-6-19(30)7-4-17)23(16-38-27)24(34)31-15-20-2-1-13-37-20/h3-8,14,20,23H,1-2,9-13,15-16H2,(H,31,34)/t20-,23+/m0/s1. The minimum absolute atomic E-state index is 0.0189. The average Bonchev–Trinajstić information content (AvgIpc) is 3.57. The van der Waals surface area contributed by atoms with Crippen LogP contribution in [0.3, 0.4) is 0 Å². The molecule has 0 radical (unpaired) electrons. The average molecular weight is 564 g/mol. The van der Waals surface area contributed by atoms with Crippen LogP contribution in [0.2, 0.25) is 10.0 Å². The molecule has 3 amide bonds. The Morgan fingerprint density at radius 1 is 1.00 bits per heavy atom. The van der Waals surface area contributed by atoms with Gasteiger partial charge in [0.2, 0.25) is 5.91 Å². The molecular formula is C27H28Cl2FN3O5. The quantitative estimate of drug-likeness (QED) is 0.596. The van der Waals surface area contributed by atoms with Crippen LogP contribution in [0.1, 0.15) is 46.4 Å². The predicted octanol–water partition coefficient (Wildman–Crippen LogP) is 3.90. The summed E-state index contributed by atoms with van der Waals surface area (Å²) in [7, 11) is 0. The number of piperidine rings is 1. The maximum atomic E-state index is 13.7. The fourth-order valence-corrected chi connectivity index (χ4v) is 5.61. The Kier molecular flexibility index (Phi) is 7.90. The van der Waals surface area contributed by atoms with Crippen molar-refractivity contribution >= 4 is 40.9 Å². The van der Waals surface area contributed by atoms with E-state index >= 15 is 0 Å². The molecule has 8 nitrogen and oxygen atoms in total. The van der Waals surface area contributed by atoms with Gasteiger partial charge in [-0.3, -0.25) is 19.3 Å². The molecule has 3 fully saturated rings. The Hall–Kier alpha value is -2.72. The molecule has 0 saturated carbocycles. The summed E-state index contributed by atoms with van der Waals surface area (Å²) in [6, 6.07) is 9.07. The molecule has 202 valence electrons. The second kappa shape index (κ2) is 11.2. The van der Waals surface area contributed by atoms with Gasteiger partial charge in [-0.25, -0.2) is 4.39 Å². The van der Waals surface area contributed by atoms with Crippen LogP contribution in [0.5, 0.6) is 0 Å². The first-order valence-corrected chi connectivity index (χ1v) is 13.4. The summed E-state index contributed by atoms with van der Waals surface area (Å²) in [4.78, 5) is 43.2. The van der Waals surface area contributed by atoms with Gasteiger partial charge in [-0.2, -0.15) is 0 Å². The monoisotopic (exact) mass is 563 g/mol. The highest BCUT2D eigenvalue weighted by atomic mass is 35.5. The Labute approximate surface area is 229 Å². The summed E-state index contributed by atoms with van der Waals surface area (Å²) >= 11 is 12.1. The zero-order chi connectivity index (χ0) is 26.9. The van der Waals surface area contributed by atoms with Gasteiger partial charge in [-0.15, -0.1) is 0 Å². The number of ether oxygens (including phenoxy) is 2. The van der Waals surface area contributed by atoms with E-state index in [2.05, 4.69) is 5.32 Å². The third-order valence-corrected chi connectivity index (χ3v) is 8.14. The van der Waals surface area contributed by atoms with Crippen molar-refractivity contribution in [3.63, 3.8) is 0 Å². The topological polar surface area (TPSA) is 88.2 Å². The van der Waals surface area contributed by atoms with Gasteiger partial charge < -0.3 is 19.7 Å². The van der Waals surface area contributed by atoms with Crippen molar-refractivity contribution < 1.29 is 28.2 Å². The molecule has 3 aliphatic heterocycles. The fourth-order valence-electron chi connectivity index (χ4n) is 5.31. The van der Waals surface area contributed by atoms with Crippen LogP contribution in [-0.2, 0) is 14.3 Å². The lowest BCUT2D eigenvalue weighted by molar-refractivity contribution is -0.128. The van der Waals surface area contributed by atoms with Crippen LogP contribution in [-0.4, -0.2) is 78.2 Å². The summed E-state index contributed by atoms with van der Waals surface area (Å²) in [5.41, 5.74) is -0.415. The van der Waals surface area contributed by atoms with Gasteiger partial charge in [-0.05, 0) is 55.3 Å². The van der Waals surface area contributed by atoms with E-state index in [9.17, 15) is 18.8 Å². The molecule has 0 bridgehead atoms. The van der Waals surface area contributed by atoms with Gasteiger partial charge >= 0.3 is 0 Å². The number of rotatable bonds is 5. The van der Waals surface area contributed by atoms with Gasteiger partial charge in [-0.1, -0.05) is 23.2 Å². The highest BCUT2D eigenvalue weighted by molar-refractivity contribution is 6.42. The van der Waals surface area contributed by atoms with E-state index in [0.717, 1.165) is 12.8 Å². The predicted molar refractivity (Wildman–Crippen MR) is 139 cm³/mol. The maximum Gasteiger partial charge on any atom is 0.256 e. The molecule has 11 heteroatoms. The zero-order valence-electron chi connectivity index (χ0n) is 20.6. The van der Waals surface area contributed by atoms with Crippen LogP contribution in [0.15, 0.2) is 42.5 Å². The van der Waals surface area contributed by atoms with Crippen LogP contribution < -0.4 is 5.32 Å². The van der Waals surface area contributed by atoms with E-state index in [0.29, 0.717) is 49.7 Å². The third-order valence-electron chi connectivity index (χ3n) is 7.40. The molecule has 1 N–H and O–H groups in total. The van der Waals surface area contributed by atoms with Crippen molar-refractivity contribution in [2.24, 2.45) is 0 Å². The first kappa shape index (κ1) is 26.9. The molecule has 5 rings (SSSR count). The number of amides is 3. The molecule has 0 aliphatic carbocycles. The molecule has 1 spiro atoms. The van der Waals surface area contributed by atoms with E-state index in [4.69, 9.17) is 32.7 Å². The number of nitrogens with one attached hydrogen (secondary N) is 1. The number of hydrogen-bond acceptors (Lipinski definition) is 5. The number of carbonyl (C=O) groups is 3. The first-order valence-electron chi connectivity index (χ1n) is 12.6. The van der Waals surface area contributed by atoms with E-state index in [1.165, 1.54) is 35.2 Å². The summed E-state index contributed by atoms with van der Waals surface area (Å²) in [6.45, 7) is 1.65. The highest BCUT2D eigenvalue weighted by Gasteiger charge is 2.54. The van der Waals surface area contributed by atoms with E-state index in [1.54, 1.807) is 17.0 Å². The molecule has 0 unspecified atom stereocenters. The smallest absolute Gasteiger partial charge is 0.256 e. The van der Waals surface area contributed by atoms with Gasteiger partial charge in [0.15, 0.2) is 0 Å². The van der Waals surface area contributed by atoms with Crippen molar-refractivity contribution in [3.05, 3.63) is 69.5 Å². The van der Waals surface area contributed by atoms with Gasteiger partial charge in [0.05, 0.1) is 22.8 Å². The largest absolute Gasteiger partial charge is 0.376 e. The Morgan fingerprint density at radius 3 is 2.37 bits per heavy atom. The third kappa shape index (κ3) is 5.38. The maximum absolute atomic E-state index is 13.7. The van der Waals surface area contributed by atoms with Crippen molar-refractivity contribution in [1.29, 1.82) is 0 Å². The SMILES string of the molecule is O=C(NC[C@@H]1CCCO1)[C@H]1COC2(CCN(C(=O)c3ccc(Cl)c(Cl)c3)CC2)N1C(=O)c1ccc(F)cc1. The number of carbonyl (C=O) groups excluding carboxylic acids is 3. The van der Waals surface area contributed by atoms with E-state index in [-0.39, 0.29) is 35.1 Å². The fraction of sp³-hybridized carbons (Fsp3) is 0.444. The number of hydrogen-bond donors (Lipinski definition) is 1. The van der Waals surface area contributed by atoms with Gasteiger partial charge in [0.1, 0.15) is 17.6 Å². The van der Waals surface area contributed by atoms with E-state index in [1.807, 2.05) is 0 Å². The van der Waals surface area contributed by atoms with Crippen molar-refractivity contribution in [2.45, 2.75) is 43.6 Å². The van der Waals surface area contributed by atoms with Crippen molar-refractivity contribution in [1.82, 2.24) is 15.1 Å². The molecule has 38 heavy (non-hydrogen) atoms. The van der Waals surface area contributed by atoms with Crippen LogP contribution in [0.25, 0.3) is 0 Å². The summed E-state index contributed by atoms with van der Waals surface area (Å²) in [5.74, 6) is -1.43. The van der Waals surface area contributed by atoms with E-state index < -0.39 is 23.5 Å². The molecule has 2 aromatic carbocycles. The van der Waals surface area contributed by atoms with Gasteiger partial charge in [0.25, 0.3) is 11.8 Å². The molecule has 3 aliphatic rings. The number of halogens is 3. The highest BCUT2D eigenvalue weighted by Crippen LogP contribution is 2.39. The molecule has 2 aromatic rings. The van der Waals surface area contributed by atoms with Gasteiger partial charge in [0, 0.05) is 50.2 Å². The molecule has 0 aromatic heterocycles. The second-order valence-corrected chi connectivity index (χ2v) is 10.6. The number of likely N-dealkylation sites (tertiary alicyclic amines) is 1. The van der Waals surface area contributed by atoms with Crippen molar-refractivity contribution in [2.75, 3.05) is 32.8 Å². The molecular weight excluding hydrogens is 536 g/mol. The van der Waals surface area contributed by atoms with Crippen LogP contribution in [0, 0.1) is 5.82 Å². The molecule has 3 heterocycles. The van der Waals surface area contributed by atoms with Crippen LogP contribution in [0.4, 0.5) is 4.39 Å². The minimum Gasteiger partial charge on any atom is -0.376 e. The first-order chi connectivity index (χ1) is 18.3. The second-order valence-electron chi connectivity index (χ2n) is 9.76. The van der Waals surface area contributed by atoms with Crippen molar-refractivity contribution in [3.8, 4) is 0 Å². The Bertz CT molecular complexity index is 1210. The molecule has 3 saturated heterocycles. The Balaban J connectivity index is 1.34. The number of nitrogens with zero attached hydrogens (tertiary/aromatic N) is 2. The minimum atomic E-state index is -1.08. The lowest BCUT2D eigenvalue weighted by Gasteiger charge is -2.44. The normalized spacial score (nSPS) is 22.6. The Morgan fingerprint density at radius 2 is 1.71 bits per heavy atom. The summed E-state index contributed by atoms with van der Waals surface area (Å²) in [6.07, 6.45) is 2.38. The summed E-state index contributed by atoms with van der Waals surface area (Å²) in [5, 5.41) is 3.56. The lowest BCUT2D eigenvalue weighted by Crippen LogP contribution is -2.60.